The maximum atomic E-state index is 12.0. The van der Waals surface area contributed by atoms with E-state index >= 15 is 0 Å². The standard InChI is InChI=1S/C19H17NO4.Na/c21-17(22)19(9-10-19)20-18(23)24-11-16-14-7-3-1-5-12(14)13-6-2-4-8-15(13)16;/h1-8,16H,9-11H2,(H,20,23)(H,21,22);/q;+1/p-1. The molecule has 0 radical (unpaired) electrons. The van der Waals surface area contributed by atoms with Crippen molar-refractivity contribution in [1.29, 1.82) is 0 Å². The molecule has 2 aromatic rings. The average molecular weight is 345 g/mol. The normalized spacial score (nSPS) is 16.2. The van der Waals surface area contributed by atoms with Gasteiger partial charge < -0.3 is 20.0 Å². The van der Waals surface area contributed by atoms with Crippen molar-refractivity contribution >= 4 is 12.1 Å². The molecule has 4 rings (SSSR count). The molecule has 0 heterocycles. The van der Waals surface area contributed by atoms with Gasteiger partial charge in [0.2, 0.25) is 0 Å². The van der Waals surface area contributed by atoms with Gasteiger partial charge in [-0.15, -0.1) is 0 Å². The van der Waals surface area contributed by atoms with Crippen LogP contribution in [0.1, 0.15) is 29.9 Å². The molecule has 0 unspecified atom stereocenters. The number of rotatable bonds is 4. The van der Waals surface area contributed by atoms with E-state index in [1.165, 1.54) is 0 Å². The van der Waals surface area contributed by atoms with E-state index < -0.39 is 17.6 Å². The Hall–Kier alpha value is -1.82. The summed E-state index contributed by atoms with van der Waals surface area (Å²) in [4.78, 5) is 23.0. The number of nitrogens with one attached hydrogen (secondary N) is 1. The maximum Gasteiger partial charge on any atom is 1.00 e. The Bertz CT molecular complexity index is 786. The van der Waals surface area contributed by atoms with Gasteiger partial charge in [0.05, 0.1) is 11.5 Å². The molecule has 1 saturated carbocycles. The molecule has 1 N–H and O–H groups in total. The predicted octanol–water partition coefficient (Wildman–Crippen LogP) is -1.19. The second-order valence-electron chi connectivity index (χ2n) is 6.32. The molecular weight excluding hydrogens is 329 g/mol. The Morgan fingerprint density at radius 1 is 1.04 bits per heavy atom. The molecule has 5 nitrogen and oxygen atoms in total. The van der Waals surface area contributed by atoms with Crippen LogP contribution in [0.4, 0.5) is 4.79 Å². The molecule has 1 amide bonds. The van der Waals surface area contributed by atoms with Crippen LogP contribution in [-0.2, 0) is 9.53 Å². The van der Waals surface area contributed by atoms with E-state index in [0.717, 1.165) is 22.3 Å². The maximum absolute atomic E-state index is 12.0. The molecule has 25 heavy (non-hydrogen) atoms. The zero-order valence-electron chi connectivity index (χ0n) is 14.0. The van der Waals surface area contributed by atoms with Crippen molar-refractivity contribution in [3.05, 3.63) is 59.7 Å². The third kappa shape index (κ3) is 3.19. The number of amides is 1. The Balaban J connectivity index is 0.00000182. The largest absolute Gasteiger partial charge is 1.00 e. The first-order valence-electron chi connectivity index (χ1n) is 7.95. The second kappa shape index (κ2) is 6.83. The van der Waals surface area contributed by atoms with Gasteiger partial charge in [0.1, 0.15) is 6.61 Å². The topological polar surface area (TPSA) is 78.5 Å². The molecule has 0 bridgehead atoms. The van der Waals surface area contributed by atoms with Gasteiger partial charge in [0.15, 0.2) is 0 Å². The first kappa shape index (κ1) is 18.0. The van der Waals surface area contributed by atoms with Crippen LogP contribution in [0.5, 0.6) is 0 Å². The van der Waals surface area contributed by atoms with E-state index in [1.807, 2.05) is 36.4 Å². The Labute approximate surface area is 167 Å². The number of ether oxygens (including phenoxy) is 1. The minimum absolute atomic E-state index is 0. The number of hydrogen-bond acceptors (Lipinski definition) is 4. The van der Waals surface area contributed by atoms with Gasteiger partial charge in [0.25, 0.3) is 0 Å². The summed E-state index contributed by atoms with van der Waals surface area (Å²) in [7, 11) is 0. The van der Waals surface area contributed by atoms with Gasteiger partial charge in [-0.05, 0) is 35.1 Å². The molecule has 0 spiro atoms. The van der Waals surface area contributed by atoms with Gasteiger partial charge in [-0.25, -0.2) is 4.79 Å². The van der Waals surface area contributed by atoms with Gasteiger partial charge in [-0.1, -0.05) is 48.5 Å². The molecule has 0 saturated heterocycles. The van der Waals surface area contributed by atoms with E-state index in [-0.39, 0.29) is 42.1 Å². The summed E-state index contributed by atoms with van der Waals surface area (Å²) in [6.07, 6.45) is 0.0672. The van der Waals surface area contributed by atoms with Crippen molar-refractivity contribution in [3.8, 4) is 11.1 Å². The van der Waals surface area contributed by atoms with Crippen LogP contribution in [0.2, 0.25) is 0 Å². The summed E-state index contributed by atoms with van der Waals surface area (Å²) in [5.41, 5.74) is 3.30. The Morgan fingerprint density at radius 3 is 2.04 bits per heavy atom. The fourth-order valence-electron chi connectivity index (χ4n) is 3.34. The summed E-state index contributed by atoms with van der Waals surface area (Å²) >= 11 is 0. The van der Waals surface area contributed by atoms with Gasteiger partial charge in [0, 0.05) is 5.92 Å². The zero-order valence-corrected chi connectivity index (χ0v) is 16.0. The number of alkyl carbamates (subject to hydrolysis) is 1. The zero-order chi connectivity index (χ0) is 16.7. The molecule has 0 aliphatic heterocycles. The van der Waals surface area contributed by atoms with E-state index in [0.29, 0.717) is 12.8 Å². The summed E-state index contributed by atoms with van der Waals surface area (Å²) in [6.45, 7) is 0.170. The van der Waals surface area contributed by atoms with Crippen LogP contribution in [0.3, 0.4) is 0 Å². The summed E-state index contributed by atoms with van der Waals surface area (Å²) < 4.78 is 5.32. The van der Waals surface area contributed by atoms with Crippen molar-refractivity contribution in [1.82, 2.24) is 5.32 Å². The molecular formula is C19H16NNaO4. The Morgan fingerprint density at radius 2 is 1.56 bits per heavy atom. The molecule has 0 aromatic heterocycles. The predicted molar refractivity (Wildman–Crippen MR) is 85.2 cm³/mol. The number of carboxylic acids is 1. The summed E-state index contributed by atoms with van der Waals surface area (Å²) in [6, 6.07) is 16.1. The van der Waals surface area contributed by atoms with E-state index in [4.69, 9.17) is 4.74 Å². The van der Waals surface area contributed by atoms with Crippen LogP contribution in [0, 0.1) is 0 Å². The number of hydrogen-bond donors (Lipinski definition) is 1. The van der Waals surface area contributed by atoms with Crippen molar-refractivity contribution < 1.29 is 49.0 Å². The quantitative estimate of drug-likeness (QED) is 0.707. The molecule has 2 aromatic carbocycles. The fraction of sp³-hybridized carbons (Fsp3) is 0.263. The van der Waals surface area contributed by atoms with Crippen molar-refractivity contribution in [2.24, 2.45) is 0 Å². The average Bonchev–Trinajstić information content (AvgIpc) is 3.30. The number of aliphatic carboxylic acids is 1. The fourth-order valence-corrected chi connectivity index (χ4v) is 3.34. The SMILES string of the molecule is O=C(NC1(C(=O)[O-])CC1)OCC1c2ccccc2-c2ccccc21.[Na+]. The van der Waals surface area contributed by atoms with Gasteiger partial charge in [-0.2, -0.15) is 0 Å². The van der Waals surface area contributed by atoms with Crippen LogP contribution in [-0.4, -0.2) is 24.2 Å². The molecule has 1 fully saturated rings. The number of benzene rings is 2. The summed E-state index contributed by atoms with van der Waals surface area (Å²) in [5, 5.41) is 13.4. The van der Waals surface area contributed by atoms with Gasteiger partial charge in [-0.3, -0.25) is 0 Å². The minimum atomic E-state index is -1.25. The molecule has 2 aliphatic carbocycles. The summed E-state index contributed by atoms with van der Waals surface area (Å²) in [5.74, 6) is -1.29. The first-order chi connectivity index (χ1) is 11.6. The molecule has 0 atom stereocenters. The number of carbonyl (C=O) groups excluding carboxylic acids is 2. The molecule has 122 valence electrons. The monoisotopic (exact) mass is 345 g/mol. The van der Waals surface area contributed by atoms with Crippen molar-refractivity contribution in [3.63, 3.8) is 0 Å². The van der Waals surface area contributed by atoms with Crippen LogP contribution in [0.25, 0.3) is 11.1 Å². The van der Waals surface area contributed by atoms with E-state index in [2.05, 4.69) is 17.4 Å². The number of carboxylic acid groups (broad SMARTS) is 1. The van der Waals surface area contributed by atoms with E-state index in [9.17, 15) is 14.7 Å². The number of fused-ring (bicyclic) bond motifs is 3. The van der Waals surface area contributed by atoms with Crippen molar-refractivity contribution in [2.45, 2.75) is 24.3 Å². The third-order valence-electron chi connectivity index (χ3n) is 4.83. The van der Waals surface area contributed by atoms with Crippen LogP contribution in [0.15, 0.2) is 48.5 Å². The van der Waals surface area contributed by atoms with Crippen LogP contribution < -0.4 is 40.0 Å². The van der Waals surface area contributed by atoms with Gasteiger partial charge >= 0.3 is 35.7 Å². The van der Waals surface area contributed by atoms with E-state index in [1.54, 1.807) is 0 Å². The minimum Gasteiger partial charge on any atom is -0.548 e. The van der Waals surface area contributed by atoms with Crippen LogP contribution >= 0.6 is 0 Å². The molecule has 2 aliphatic rings. The Kier molecular flexibility index (Phi) is 4.91. The van der Waals surface area contributed by atoms with Crippen molar-refractivity contribution in [2.75, 3.05) is 6.61 Å². The molecule has 6 heteroatoms. The third-order valence-corrected chi connectivity index (χ3v) is 4.83. The second-order valence-corrected chi connectivity index (χ2v) is 6.32. The number of carbonyl (C=O) groups is 2. The smallest absolute Gasteiger partial charge is 0.548 e. The first-order valence-corrected chi connectivity index (χ1v) is 7.95.